The summed E-state index contributed by atoms with van der Waals surface area (Å²) in [5, 5.41) is 6.11. The zero-order valence-electron chi connectivity index (χ0n) is 23.0. The van der Waals surface area contributed by atoms with Gasteiger partial charge >= 0.3 is 5.97 Å². The van der Waals surface area contributed by atoms with Gasteiger partial charge in [0, 0.05) is 36.9 Å². The lowest BCUT2D eigenvalue weighted by Crippen LogP contribution is -2.05. The van der Waals surface area contributed by atoms with Crippen LogP contribution in [0.5, 0.6) is 11.5 Å². The van der Waals surface area contributed by atoms with Gasteiger partial charge in [-0.25, -0.2) is 4.79 Å². The van der Waals surface area contributed by atoms with E-state index in [4.69, 9.17) is 20.6 Å². The highest BCUT2D eigenvalue weighted by molar-refractivity contribution is 7.17. The molecule has 2 heterocycles. The second kappa shape index (κ2) is 13.6. The largest absolute Gasteiger partial charge is 0.496 e. The van der Waals surface area contributed by atoms with E-state index in [0.29, 0.717) is 5.56 Å². The summed E-state index contributed by atoms with van der Waals surface area (Å²) in [6.45, 7) is 0.258. The van der Waals surface area contributed by atoms with Crippen molar-refractivity contribution in [2.45, 2.75) is 6.61 Å². The van der Waals surface area contributed by atoms with Crippen molar-refractivity contribution in [3.8, 4) is 35.7 Å². The van der Waals surface area contributed by atoms with Crippen LogP contribution in [0, 0.1) is 24.2 Å². The number of esters is 1. The molecule has 6 heteroatoms. The van der Waals surface area contributed by atoms with Crippen molar-refractivity contribution in [1.29, 1.82) is 0 Å². The molecule has 6 rings (SSSR count). The van der Waals surface area contributed by atoms with Crippen LogP contribution in [0.2, 0.25) is 0 Å². The maximum Gasteiger partial charge on any atom is 0.338 e. The molecular formula is C36H26O4S2. The van der Waals surface area contributed by atoms with Gasteiger partial charge in [-0.1, -0.05) is 60.2 Å². The van der Waals surface area contributed by atoms with E-state index in [9.17, 15) is 4.79 Å². The zero-order chi connectivity index (χ0) is 29.3. The lowest BCUT2D eigenvalue weighted by Gasteiger charge is -2.05. The van der Waals surface area contributed by atoms with Crippen molar-refractivity contribution in [3.63, 3.8) is 0 Å². The van der Waals surface area contributed by atoms with Gasteiger partial charge in [-0.15, -0.1) is 29.1 Å². The van der Waals surface area contributed by atoms with Crippen LogP contribution in [-0.2, 0) is 11.3 Å². The average molecular weight is 587 g/mol. The minimum atomic E-state index is -0.345. The van der Waals surface area contributed by atoms with E-state index >= 15 is 0 Å². The van der Waals surface area contributed by atoms with Crippen LogP contribution >= 0.6 is 22.7 Å². The van der Waals surface area contributed by atoms with Crippen molar-refractivity contribution < 1.29 is 19.0 Å². The number of methoxy groups -OCH3 is 2. The van der Waals surface area contributed by atoms with E-state index in [0.717, 1.165) is 49.2 Å². The highest BCUT2D eigenvalue weighted by Crippen LogP contribution is 2.34. The van der Waals surface area contributed by atoms with Crippen LogP contribution in [0.4, 0.5) is 0 Å². The summed E-state index contributed by atoms with van der Waals surface area (Å²) in [5.41, 5.74) is 4.15. The van der Waals surface area contributed by atoms with Gasteiger partial charge in [0.2, 0.25) is 0 Å². The van der Waals surface area contributed by atoms with E-state index in [1.54, 1.807) is 49.0 Å². The first-order valence-electron chi connectivity index (χ1n) is 13.0. The average Bonchev–Trinajstić information content (AvgIpc) is 3.68. The number of carbonyl (C=O) groups is 1. The zero-order valence-corrected chi connectivity index (χ0v) is 24.7. The minimum absolute atomic E-state index is 0.258. The summed E-state index contributed by atoms with van der Waals surface area (Å²) in [4.78, 5) is 12.2. The maximum atomic E-state index is 12.2. The molecule has 4 nitrogen and oxygen atoms in total. The van der Waals surface area contributed by atoms with Gasteiger partial charge in [-0.3, -0.25) is 0 Å². The fourth-order valence-corrected chi connectivity index (χ4v) is 6.11. The minimum Gasteiger partial charge on any atom is -0.496 e. The van der Waals surface area contributed by atoms with Crippen LogP contribution in [0.25, 0.3) is 20.2 Å². The van der Waals surface area contributed by atoms with Gasteiger partial charge in [-0.05, 0) is 54.1 Å². The molecule has 206 valence electrons. The molecular weight excluding hydrogens is 561 g/mol. The van der Waals surface area contributed by atoms with Gasteiger partial charge in [0.15, 0.2) is 0 Å². The summed E-state index contributed by atoms with van der Waals surface area (Å²) in [6.07, 6.45) is 5.39. The molecule has 4 aromatic carbocycles. The predicted octanol–water partition coefficient (Wildman–Crippen LogP) is 8.56. The molecule has 0 saturated heterocycles. The van der Waals surface area contributed by atoms with Crippen molar-refractivity contribution >= 4 is 48.8 Å². The second-order valence-electron chi connectivity index (χ2n) is 9.00. The summed E-state index contributed by atoms with van der Waals surface area (Å²) >= 11 is 3.29. The molecule has 0 aliphatic heterocycles. The van der Waals surface area contributed by atoms with Crippen LogP contribution in [0.3, 0.4) is 0 Å². The third kappa shape index (κ3) is 6.48. The number of thiophene rings is 2. The van der Waals surface area contributed by atoms with Crippen LogP contribution in [-0.4, -0.2) is 20.2 Å². The molecule has 0 unspecified atom stereocenters. The molecule has 0 amide bonds. The SMILES string of the molecule is C#Cc1csc2cccc(OC)c12.COc1cccc2scc(C#Cc3ccc(C(=O)OCc4ccccc4)cc3)c12. The number of rotatable bonds is 5. The molecule has 0 atom stereocenters. The Balaban J connectivity index is 0.000000226. The van der Waals surface area contributed by atoms with E-state index < -0.39 is 0 Å². The van der Waals surface area contributed by atoms with E-state index in [-0.39, 0.29) is 12.6 Å². The van der Waals surface area contributed by atoms with Gasteiger partial charge in [0.1, 0.15) is 18.1 Å². The Kier molecular flexibility index (Phi) is 9.21. The maximum absolute atomic E-state index is 12.2. The standard InChI is InChI=1S/C25H18O3S.C11H8OS/c1-27-22-8-5-9-23-24(22)21(17-29-23)15-12-18-10-13-20(14-11-18)25(26)28-16-19-6-3-2-4-7-19;1-3-8-7-13-10-6-4-5-9(12-2)11(8)10/h2-11,13-14,17H,16H2,1H3;1,4-7H,2H3. The number of carbonyl (C=O) groups excluding carboxylic acids is 1. The Bertz CT molecular complexity index is 1930. The lowest BCUT2D eigenvalue weighted by molar-refractivity contribution is 0.0472. The fraction of sp³-hybridized carbons (Fsp3) is 0.0833. The molecule has 0 aliphatic rings. The summed E-state index contributed by atoms with van der Waals surface area (Å²) in [7, 11) is 3.33. The Morgan fingerprint density at radius 2 is 1.31 bits per heavy atom. The normalized spacial score (nSPS) is 10.1. The third-order valence-electron chi connectivity index (χ3n) is 6.39. The Hall–Kier alpha value is -5.01. The molecule has 2 aromatic heterocycles. The molecule has 6 aromatic rings. The molecule has 0 N–H and O–H groups in total. The highest BCUT2D eigenvalue weighted by Gasteiger charge is 2.09. The summed E-state index contributed by atoms with van der Waals surface area (Å²) in [6, 6.07) is 28.7. The van der Waals surface area contributed by atoms with Crippen molar-refractivity contribution in [1.82, 2.24) is 0 Å². The van der Waals surface area contributed by atoms with Crippen LogP contribution in [0.15, 0.2) is 102 Å². The van der Waals surface area contributed by atoms with E-state index in [2.05, 4.69) is 23.8 Å². The summed E-state index contributed by atoms with van der Waals surface area (Å²) in [5.74, 6) is 10.4. The molecule has 0 bridgehead atoms. The molecule has 0 fully saturated rings. The molecule has 0 saturated carbocycles. The van der Waals surface area contributed by atoms with E-state index in [1.165, 1.54) is 4.70 Å². The number of fused-ring (bicyclic) bond motifs is 2. The van der Waals surface area contributed by atoms with Crippen molar-refractivity contribution in [2.24, 2.45) is 0 Å². The van der Waals surface area contributed by atoms with Crippen LogP contribution < -0.4 is 9.47 Å². The first-order chi connectivity index (χ1) is 20.6. The molecule has 0 radical (unpaired) electrons. The Morgan fingerprint density at radius 1 is 0.714 bits per heavy atom. The first-order valence-corrected chi connectivity index (χ1v) is 14.8. The predicted molar refractivity (Wildman–Crippen MR) is 173 cm³/mol. The van der Waals surface area contributed by atoms with Gasteiger partial charge in [0.05, 0.1) is 30.6 Å². The first kappa shape index (κ1) is 28.5. The third-order valence-corrected chi connectivity index (χ3v) is 8.29. The van der Waals surface area contributed by atoms with Crippen molar-refractivity contribution in [3.05, 3.63) is 130 Å². The fourth-order valence-electron chi connectivity index (χ4n) is 4.29. The molecule has 0 spiro atoms. The molecule has 0 aliphatic carbocycles. The lowest BCUT2D eigenvalue weighted by atomic mass is 10.1. The quantitative estimate of drug-likeness (QED) is 0.150. The number of ether oxygens (including phenoxy) is 3. The van der Waals surface area contributed by atoms with Crippen molar-refractivity contribution in [2.75, 3.05) is 14.2 Å². The number of hydrogen-bond donors (Lipinski definition) is 0. The Morgan fingerprint density at radius 3 is 1.90 bits per heavy atom. The van der Waals surface area contributed by atoms with Crippen LogP contribution in [0.1, 0.15) is 32.6 Å². The highest BCUT2D eigenvalue weighted by atomic mass is 32.1. The number of terminal acetylenes is 1. The smallest absolute Gasteiger partial charge is 0.338 e. The number of hydrogen-bond acceptors (Lipinski definition) is 6. The topological polar surface area (TPSA) is 44.8 Å². The Labute approximate surface area is 253 Å². The van der Waals surface area contributed by atoms with Gasteiger partial charge in [0.25, 0.3) is 0 Å². The number of benzene rings is 4. The molecule has 42 heavy (non-hydrogen) atoms. The van der Waals surface area contributed by atoms with Gasteiger partial charge in [-0.2, -0.15) is 0 Å². The summed E-state index contributed by atoms with van der Waals surface area (Å²) < 4.78 is 18.4. The second-order valence-corrected chi connectivity index (χ2v) is 10.8. The van der Waals surface area contributed by atoms with E-state index in [1.807, 2.05) is 83.6 Å². The monoisotopic (exact) mass is 586 g/mol. The van der Waals surface area contributed by atoms with Gasteiger partial charge < -0.3 is 14.2 Å².